The van der Waals surface area contributed by atoms with Crippen molar-refractivity contribution in [3.8, 4) is 0 Å². The summed E-state index contributed by atoms with van der Waals surface area (Å²) in [7, 11) is -2.25. The van der Waals surface area contributed by atoms with Gasteiger partial charge in [0.15, 0.2) is 5.84 Å². The second kappa shape index (κ2) is 6.29. The fraction of sp³-hybridized carbons (Fsp3) is 0.417. The summed E-state index contributed by atoms with van der Waals surface area (Å²) in [5, 5.41) is 11.7. The first-order valence-corrected chi connectivity index (χ1v) is 7.77. The van der Waals surface area contributed by atoms with Gasteiger partial charge in [-0.2, -0.15) is 12.7 Å². The molecule has 2 rings (SSSR count). The van der Waals surface area contributed by atoms with E-state index >= 15 is 0 Å². The van der Waals surface area contributed by atoms with Crippen molar-refractivity contribution in [3.05, 3.63) is 29.8 Å². The van der Waals surface area contributed by atoms with E-state index in [-0.39, 0.29) is 5.84 Å². The molecule has 0 aromatic heterocycles. The Balaban J connectivity index is 2.37. The Morgan fingerprint density at radius 2 is 2.00 bits per heavy atom. The molecule has 1 aliphatic heterocycles. The lowest BCUT2D eigenvalue weighted by Crippen LogP contribution is -2.47. The van der Waals surface area contributed by atoms with Crippen LogP contribution in [0.1, 0.15) is 5.56 Å². The van der Waals surface area contributed by atoms with Crippen molar-refractivity contribution in [1.82, 2.24) is 4.31 Å². The van der Waals surface area contributed by atoms with Gasteiger partial charge >= 0.3 is 10.2 Å². The number of benzene rings is 1. The maximum absolute atomic E-state index is 12.6. The minimum absolute atomic E-state index is 0.144. The molecule has 0 unspecified atom stereocenters. The molecule has 21 heavy (non-hydrogen) atoms. The predicted octanol–water partition coefficient (Wildman–Crippen LogP) is -0.206. The number of hydrogen-bond acceptors (Lipinski definition) is 5. The molecule has 1 heterocycles. The third kappa shape index (κ3) is 3.09. The Labute approximate surface area is 123 Å². The number of ether oxygens (including phenoxy) is 1. The normalized spacial score (nSPS) is 17.7. The average Bonchev–Trinajstić information content (AvgIpc) is 2.54. The minimum Gasteiger partial charge on any atom is -0.409 e. The molecule has 0 saturated carbocycles. The van der Waals surface area contributed by atoms with Gasteiger partial charge in [-0.05, 0) is 12.1 Å². The van der Waals surface area contributed by atoms with E-state index in [9.17, 15) is 8.42 Å². The lowest BCUT2D eigenvalue weighted by molar-refractivity contribution is 0.0730. The summed E-state index contributed by atoms with van der Waals surface area (Å²) in [5.74, 6) is -0.144. The molecular formula is C12H18N4O4S. The molecule has 1 fully saturated rings. The van der Waals surface area contributed by atoms with Crippen LogP contribution in [0.3, 0.4) is 0 Å². The number of anilines is 1. The van der Waals surface area contributed by atoms with Gasteiger partial charge in [0.1, 0.15) is 0 Å². The van der Waals surface area contributed by atoms with E-state index in [0.717, 1.165) is 4.31 Å². The molecule has 9 heteroatoms. The number of oxime groups is 1. The van der Waals surface area contributed by atoms with Crippen molar-refractivity contribution >= 4 is 21.7 Å². The molecule has 0 radical (unpaired) electrons. The van der Waals surface area contributed by atoms with E-state index in [1.807, 2.05) is 0 Å². The molecule has 1 aromatic rings. The Morgan fingerprint density at radius 3 is 2.62 bits per heavy atom. The van der Waals surface area contributed by atoms with Crippen LogP contribution < -0.4 is 10.0 Å². The average molecular weight is 314 g/mol. The Morgan fingerprint density at radius 1 is 1.38 bits per heavy atom. The zero-order valence-electron chi connectivity index (χ0n) is 11.6. The van der Waals surface area contributed by atoms with Crippen molar-refractivity contribution < 1.29 is 18.4 Å². The lowest BCUT2D eigenvalue weighted by atomic mass is 10.1. The maximum atomic E-state index is 12.6. The van der Waals surface area contributed by atoms with E-state index in [1.54, 1.807) is 24.3 Å². The Hall–Kier alpha value is -1.84. The molecule has 3 N–H and O–H groups in total. The number of rotatable bonds is 4. The highest BCUT2D eigenvalue weighted by molar-refractivity contribution is 7.90. The Bertz CT molecular complexity index is 626. The third-order valence-corrected chi connectivity index (χ3v) is 5.18. The topological polar surface area (TPSA) is 108 Å². The number of nitrogens with two attached hydrogens (primary N) is 1. The molecule has 0 bridgehead atoms. The van der Waals surface area contributed by atoms with Crippen LogP contribution in [0, 0.1) is 0 Å². The van der Waals surface area contributed by atoms with Gasteiger partial charge in [0.05, 0.1) is 18.9 Å². The summed E-state index contributed by atoms with van der Waals surface area (Å²) < 4.78 is 32.8. The van der Waals surface area contributed by atoms with Crippen molar-refractivity contribution in [1.29, 1.82) is 0 Å². The largest absolute Gasteiger partial charge is 0.409 e. The predicted molar refractivity (Wildman–Crippen MR) is 78.7 cm³/mol. The van der Waals surface area contributed by atoms with Crippen molar-refractivity contribution in [3.63, 3.8) is 0 Å². The van der Waals surface area contributed by atoms with Crippen LogP contribution in [0.15, 0.2) is 29.4 Å². The molecule has 0 amide bonds. The summed E-state index contributed by atoms with van der Waals surface area (Å²) in [6, 6.07) is 6.57. The van der Waals surface area contributed by atoms with Crippen molar-refractivity contribution in [2.24, 2.45) is 10.9 Å². The number of amidine groups is 1. The van der Waals surface area contributed by atoms with Crippen LogP contribution in [-0.2, 0) is 14.9 Å². The molecule has 116 valence electrons. The first kappa shape index (κ1) is 15.5. The van der Waals surface area contributed by atoms with E-state index in [0.29, 0.717) is 37.6 Å². The summed E-state index contributed by atoms with van der Waals surface area (Å²) in [6.07, 6.45) is 0. The van der Waals surface area contributed by atoms with Gasteiger partial charge in [-0.3, -0.25) is 4.31 Å². The third-order valence-electron chi connectivity index (χ3n) is 3.27. The van der Waals surface area contributed by atoms with Crippen LogP contribution >= 0.6 is 0 Å². The molecule has 0 atom stereocenters. The summed E-state index contributed by atoms with van der Waals surface area (Å²) in [5.41, 5.74) is 6.29. The van der Waals surface area contributed by atoms with Crippen LogP contribution in [-0.4, -0.2) is 57.1 Å². The first-order chi connectivity index (χ1) is 9.98. The van der Waals surface area contributed by atoms with Gasteiger partial charge in [-0.1, -0.05) is 17.3 Å². The van der Waals surface area contributed by atoms with Gasteiger partial charge in [0.2, 0.25) is 0 Å². The zero-order chi connectivity index (χ0) is 15.5. The summed E-state index contributed by atoms with van der Waals surface area (Å²) >= 11 is 0. The Kier molecular flexibility index (Phi) is 4.66. The monoisotopic (exact) mass is 314 g/mol. The molecule has 0 aliphatic carbocycles. The lowest BCUT2D eigenvalue weighted by Gasteiger charge is -2.31. The summed E-state index contributed by atoms with van der Waals surface area (Å²) in [6.45, 7) is 1.35. The first-order valence-electron chi connectivity index (χ1n) is 6.37. The number of hydrogen-bond donors (Lipinski definition) is 2. The highest BCUT2D eigenvalue weighted by Gasteiger charge is 2.30. The SMILES string of the molecule is CN(c1ccccc1/C(N)=N/O)S(=O)(=O)N1CCOCC1. The van der Waals surface area contributed by atoms with Crippen LogP contribution in [0.5, 0.6) is 0 Å². The standard InChI is InChI=1S/C12H18N4O4S/c1-15(21(18,19)16-6-8-20-9-7-16)11-5-3-2-4-10(11)12(13)14-17/h2-5,17H,6-9H2,1H3,(H2,13,14). The van der Waals surface area contributed by atoms with E-state index in [4.69, 9.17) is 15.7 Å². The van der Waals surface area contributed by atoms with Crippen LogP contribution in [0.25, 0.3) is 0 Å². The highest BCUT2D eigenvalue weighted by atomic mass is 32.2. The fourth-order valence-corrected chi connectivity index (χ4v) is 3.46. The molecule has 1 aliphatic rings. The minimum atomic E-state index is -3.68. The van der Waals surface area contributed by atoms with Gasteiger partial charge in [-0.25, -0.2) is 0 Å². The van der Waals surface area contributed by atoms with Crippen LogP contribution in [0.4, 0.5) is 5.69 Å². The smallest absolute Gasteiger partial charge is 0.304 e. The molecular weight excluding hydrogens is 296 g/mol. The molecule has 0 spiro atoms. The highest BCUT2D eigenvalue weighted by Crippen LogP contribution is 2.23. The van der Waals surface area contributed by atoms with E-state index in [1.165, 1.54) is 11.4 Å². The number of para-hydroxylation sites is 1. The van der Waals surface area contributed by atoms with Gasteiger partial charge in [0, 0.05) is 25.7 Å². The fourth-order valence-electron chi connectivity index (χ4n) is 2.09. The second-order valence-corrected chi connectivity index (χ2v) is 6.45. The van der Waals surface area contributed by atoms with Gasteiger partial charge < -0.3 is 15.7 Å². The van der Waals surface area contributed by atoms with Crippen LogP contribution in [0.2, 0.25) is 0 Å². The zero-order valence-corrected chi connectivity index (χ0v) is 12.5. The van der Waals surface area contributed by atoms with Crippen molar-refractivity contribution in [2.45, 2.75) is 0 Å². The van der Waals surface area contributed by atoms with Gasteiger partial charge in [0.25, 0.3) is 0 Å². The molecule has 8 nitrogen and oxygen atoms in total. The van der Waals surface area contributed by atoms with Gasteiger partial charge in [-0.15, -0.1) is 0 Å². The molecule has 1 saturated heterocycles. The number of nitrogens with zero attached hydrogens (tertiary/aromatic N) is 3. The quantitative estimate of drug-likeness (QED) is 0.346. The number of morpholine rings is 1. The van der Waals surface area contributed by atoms with Crippen molar-refractivity contribution in [2.75, 3.05) is 37.7 Å². The van der Waals surface area contributed by atoms with E-state index in [2.05, 4.69) is 5.16 Å². The van der Waals surface area contributed by atoms with E-state index < -0.39 is 10.2 Å². The maximum Gasteiger partial charge on any atom is 0.304 e. The second-order valence-electron chi connectivity index (χ2n) is 4.49. The molecule has 1 aromatic carbocycles. The summed E-state index contributed by atoms with van der Waals surface area (Å²) in [4.78, 5) is 0.